The Morgan fingerprint density at radius 2 is 1.70 bits per heavy atom. The molecule has 3 N–H and O–H groups in total. The van der Waals surface area contributed by atoms with Gasteiger partial charge in [0.25, 0.3) is 0 Å². The average Bonchev–Trinajstić information content (AvgIpc) is 3.00. The van der Waals surface area contributed by atoms with E-state index >= 15 is 0 Å². The van der Waals surface area contributed by atoms with Gasteiger partial charge in [-0.15, -0.1) is 0 Å². The molecule has 0 spiro atoms. The number of carboxylic acid groups (broad SMARTS) is 1. The Kier molecular flexibility index (Phi) is 8.26. The lowest BCUT2D eigenvalue weighted by atomic mass is 9.33. The largest absolute Gasteiger partial charge is 0.504 e. The van der Waals surface area contributed by atoms with Crippen LogP contribution in [-0.4, -0.2) is 46.6 Å². The maximum Gasteiger partial charge on any atom is 0.331 e. The van der Waals surface area contributed by atoms with Crippen LogP contribution in [0, 0.1) is 56.7 Å². The van der Waals surface area contributed by atoms with Crippen molar-refractivity contribution < 1.29 is 34.4 Å². The number of fused-ring (bicyclic) bond motifs is 7. The number of hydrogen-bond acceptors (Lipinski definition) is 6. The van der Waals surface area contributed by atoms with Crippen LogP contribution < -0.4 is 4.74 Å². The number of aliphatic carboxylic acids is 1. The Labute approximate surface area is 280 Å². The quantitative estimate of drug-likeness (QED) is 0.168. The van der Waals surface area contributed by atoms with E-state index in [1.165, 1.54) is 24.8 Å². The monoisotopic (exact) mass is 648 g/mol. The molecule has 258 valence electrons. The van der Waals surface area contributed by atoms with Crippen molar-refractivity contribution in [2.24, 2.45) is 56.7 Å². The summed E-state index contributed by atoms with van der Waals surface area (Å²) in [6.45, 7) is 16.2. The molecule has 0 heterocycles. The molecular formula is C40H56O7. The second-order valence-electron chi connectivity index (χ2n) is 17.3. The smallest absolute Gasteiger partial charge is 0.331 e. The van der Waals surface area contributed by atoms with Gasteiger partial charge < -0.3 is 24.8 Å². The predicted octanol–water partition coefficient (Wildman–Crippen LogP) is 8.04. The molecule has 0 amide bonds. The van der Waals surface area contributed by atoms with E-state index in [4.69, 9.17) is 9.47 Å². The first kappa shape index (κ1) is 34.1. The number of carbonyl (C=O) groups is 2. The number of aromatic hydroxyl groups is 1. The number of phenolic OH excluding ortho intramolecular Hbond substituents is 1. The van der Waals surface area contributed by atoms with Crippen molar-refractivity contribution in [1.82, 2.24) is 0 Å². The maximum atomic E-state index is 13.1. The summed E-state index contributed by atoms with van der Waals surface area (Å²) in [5.41, 5.74) is 0.625. The molecule has 0 radical (unpaired) electrons. The number of methoxy groups -OCH3 is 1. The number of phenols is 1. The third-order valence-electron chi connectivity index (χ3n) is 15.2. The first-order valence-electron chi connectivity index (χ1n) is 17.8. The lowest BCUT2D eigenvalue weighted by Crippen LogP contribution is -2.67. The van der Waals surface area contributed by atoms with Gasteiger partial charge >= 0.3 is 11.9 Å². The minimum absolute atomic E-state index is 0.00813. The van der Waals surface area contributed by atoms with Crippen molar-refractivity contribution in [3.63, 3.8) is 0 Å². The maximum absolute atomic E-state index is 13.1. The van der Waals surface area contributed by atoms with E-state index in [1.807, 2.05) is 0 Å². The van der Waals surface area contributed by atoms with Gasteiger partial charge in [-0.2, -0.15) is 0 Å². The zero-order valence-corrected chi connectivity index (χ0v) is 29.6. The lowest BCUT2D eigenvalue weighted by molar-refractivity contribution is -0.238. The van der Waals surface area contributed by atoms with E-state index in [1.54, 1.807) is 18.2 Å². The van der Waals surface area contributed by atoms with Crippen molar-refractivity contribution in [2.45, 2.75) is 112 Å². The molecule has 0 aliphatic heterocycles. The molecule has 5 aliphatic carbocycles. The van der Waals surface area contributed by atoms with Crippen LogP contribution in [0.2, 0.25) is 0 Å². The summed E-state index contributed by atoms with van der Waals surface area (Å²) in [4.78, 5) is 26.1. The Morgan fingerprint density at radius 1 is 0.979 bits per heavy atom. The van der Waals surface area contributed by atoms with Gasteiger partial charge in [-0.1, -0.05) is 66.2 Å². The van der Waals surface area contributed by atoms with Gasteiger partial charge in [0.2, 0.25) is 0 Å². The predicted molar refractivity (Wildman–Crippen MR) is 182 cm³/mol. The molecule has 0 saturated heterocycles. The Morgan fingerprint density at radius 3 is 2.36 bits per heavy atom. The highest BCUT2D eigenvalue weighted by Crippen LogP contribution is 2.75. The molecular weight excluding hydrogens is 592 g/mol. The Balaban J connectivity index is 1.27. The van der Waals surface area contributed by atoms with Gasteiger partial charge in [-0.3, -0.25) is 4.79 Å². The van der Waals surface area contributed by atoms with E-state index in [0.717, 1.165) is 44.9 Å². The van der Waals surface area contributed by atoms with Gasteiger partial charge in [0.15, 0.2) is 11.5 Å². The molecule has 11 atom stereocenters. The molecule has 1 aromatic carbocycles. The summed E-state index contributed by atoms with van der Waals surface area (Å²) in [5.74, 6) is 0.687. The van der Waals surface area contributed by atoms with E-state index in [0.29, 0.717) is 35.5 Å². The van der Waals surface area contributed by atoms with Crippen LogP contribution in [-0.2, 0) is 14.3 Å². The molecule has 4 saturated carbocycles. The van der Waals surface area contributed by atoms with Crippen LogP contribution in [0.4, 0.5) is 0 Å². The van der Waals surface area contributed by atoms with Crippen LogP contribution in [0.15, 0.2) is 35.9 Å². The normalized spacial score (nSPS) is 43.9. The van der Waals surface area contributed by atoms with Crippen LogP contribution >= 0.6 is 0 Å². The van der Waals surface area contributed by atoms with Crippen LogP contribution in [0.25, 0.3) is 6.08 Å². The van der Waals surface area contributed by atoms with Gasteiger partial charge in [0, 0.05) is 11.5 Å². The lowest BCUT2D eigenvalue weighted by Gasteiger charge is -2.71. The first-order chi connectivity index (χ1) is 22.0. The fraction of sp³-hybridized carbons (Fsp3) is 0.700. The molecule has 2 unspecified atom stereocenters. The molecule has 0 aromatic heterocycles. The highest BCUT2D eigenvalue weighted by Gasteiger charge is 2.70. The number of allylic oxidation sites excluding steroid dienone is 2. The molecule has 1 aromatic rings. The number of carboxylic acids is 1. The third kappa shape index (κ3) is 4.83. The fourth-order valence-corrected chi connectivity index (χ4v) is 12.4. The van der Waals surface area contributed by atoms with Crippen molar-refractivity contribution >= 4 is 18.0 Å². The van der Waals surface area contributed by atoms with Gasteiger partial charge in [0.1, 0.15) is 6.10 Å². The van der Waals surface area contributed by atoms with Crippen molar-refractivity contribution in [1.29, 1.82) is 0 Å². The molecule has 7 heteroatoms. The minimum Gasteiger partial charge on any atom is -0.504 e. The highest BCUT2D eigenvalue weighted by molar-refractivity contribution is 5.87. The molecule has 47 heavy (non-hydrogen) atoms. The van der Waals surface area contributed by atoms with Crippen LogP contribution in [0.3, 0.4) is 0 Å². The number of esters is 1. The van der Waals surface area contributed by atoms with Crippen LogP contribution in [0.5, 0.6) is 11.5 Å². The standard InChI is InChI=1S/C40H56O7/c1-23-15-18-40(35(44)45)20-19-38(6)26(33(40)24(23)2)11-13-31-37(5)22-28(42)34(36(3,4)30(37)16-17-39(31,38)7)47-32(43)14-10-25-9-12-29(46-8)27(41)21-25/h9-12,14,21,23-24,28,30-31,33-34,41-42H,13,15-20,22H2,1-8H3,(H,44,45)/t23-,24+,28-,30?,31?,33+,34-,37+,38-,39-,40+/m1/s1. The highest BCUT2D eigenvalue weighted by atomic mass is 16.6. The van der Waals surface area contributed by atoms with E-state index < -0.39 is 35.0 Å². The van der Waals surface area contributed by atoms with E-state index in [9.17, 15) is 24.9 Å². The number of benzene rings is 1. The Hall–Kier alpha value is -2.80. The number of carbonyl (C=O) groups excluding carboxylic acids is 1. The van der Waals surface area contributed by atoms with Crippen LogP contribution in [0.1, 0.15) is 105 Å². The van der Waals surface area contributed by atoms with Crippen molar-refractivity contribution in [3.8, 4) is 11.5 Å². The molecule has 7 nitrogen and oxygen atoms in total. The van der Waals surface area contributed by atoms with Crippen molar-refractivity contribution in [3.05, 3.63) is 41.5 Å². The van der Waals surface area contributed by atoms with E-state index in [2.05, 4.69) is 54.5 Å². The molecule has 5 aliphatic rings. The van der Waals surface area contributed by atoms with Gasteiger partial charge in [0.05, 0.1) is 18.6 Å². The summed E-state index contributed by atoms with van der Waals surface area (Å²) < 4.78 is 11.2. The summed E-state index contributed by atoms with van der Waals surface area (Å²) in [5, 5.41) is 32.6. The van der Waals surface area contributed by atoms with Crippen molar-refractivity contribution in [2.75, 3.05) is 7.11 Å². The third-order valence-corrected chi connectivity index (χ3v) is 15.2. The minimum atomic E-state index is -0.806. The second-order valence-corrected chi connectivity index (χ2v) is 17.3. The summed E-state index contributed by atoms with van der Waals surface area (Å²) in [6.07, 6.45) is 10.8. The summed E-state index contributed by atoms with van der Waals surface area (Å²) in [7, 11) is 1.48. The Bertz CT molecular complexity index is 1490. The summed E-state index contributed by atoms with van der Waals surface area (Å²) in [6, 6.07) is 4.92. The second kappa shape index (κ2) is 11.4. The number of rotatable bonds is 5. The van der Waals surface area contributed by atoms with Gasteiger partial charge in [-0.05, 0) is 121 Å². The zero-order chi connectivity index (χ0) is 34.3. The van der Waals surface area contributed by atoms with E-state index in [-0.39, 0.29) is 33.8 Å². The fourth-order valence-electron chi connectivity index (χ4n) is 12.4. The molecule has 6 rings (SSSR count). The number of aliphatic hydroxyl groups is 1. The first-order valence-corrected chi connectivity index (χ1v) is 17.8. The average molecular weight is 649 g/mol. The SMILES string of the molecule is COc1ccc(C=CC(=O)O[C@@H]2[C@H](O)C[C@@]3(C)C(CC[C@]4(C)C3CC=C3[C@@H]5[C@@H](C)[C@H](C)CC[C@]5(C(=O)O)CC[C@]34C)C2(C)C)cc1O. The topological polar surface area (TPSA) is 113 Å². The molecule has 4 fully saturated rings. The zero-order valence-electron chi connectivity index (χ0n) is 29.6. The number of aliphatic hydroxyl groups excluding tert-OH is 1. The van der Waals surface area contributed by atoms with Gasteiger partial charge in [-0.25, -0.2) is 4.79 Å². The summed E-state index contributed by atoms with van der Waals surface area (Å²) >= 11 is 0. The number of ether oxygens (including phenoxy) is 2. The molecule has 0 bridgehead atoms. The number of hydrogen-bond donors (Lipinski definition) is 3.